The number of rotatable bonds is 4. The Morgan fingerprint density at radius 2 is 2.47 bits per heavy atom. The molecule has 0 spiro atoms. The van der Waals surface area contributed by atoms with Crippen molar-refractivity contribution in [3.8, 4) is 0 Å². The number of H-pyrrole nitrogens is 1. The number of ether oxygens (including phenoxy) is 1. The van der Waals surface area contributed by atoms with Gasteiger partial charge in [-0.05, 0) is 12.5 Å². The van der Waals surface area contributed by atoms with Crippen molar-refractivity contribution in [3.63, 3.8) is 0 Å². The molecular formula is C12H14N4O3. The number of hydrogen-bond acceptors (Lipinski definition) is 5. The first-order valence-electron chi connectivity index (χ1n) is 6.18. The predicted molar refractivity (Wildman–Crippen MR) is 70.2 cm³/mol. The van der Waals surface area contributed by atoms with E-state index in [1.807, 2.05) is 0 Å². The summed E-state index contributed by atoms with van der Waals surface area (Å²) in [5.74, 6) is 0.497. The highest BCUT2D eigenvalue weighted by Gasteiger charge is 2.18. The molecule has 1 atom stereocenters. The molecule has 0 bridgehead atoms. The quantitative estimate of drug-likeness (QED) is 0.648. The zero-order chi connectivity index (χ0) is 13.2. The van der Waals surface area contributed by atoms with Gasteiger partial charge in [-0.3, -0.25) is 15.2 Å². The van der Waals surface area contributed by atoms with E-state index < -0.39 is 4.92 Å². The van der Waals surface area contributed by atoms with E-state index in [4.69, 9.17) is 4.74 Å². The molecule has 1 unspecified atom stereocenters. The summed E-state index contributed by atoms with van der Waals surface area (Å²) < 4.78 is 5.32. The molecule has 2 N–H and O–H groups in total. The Balaban J connectivity index is 1.85. The average Bonchev–Trinajstić information content (AvgIpc) is 3.06. The van der Waals surface area contributed by atoms with Gasteiger partial charge in [-0.25, -0.2) is 0 Å². The van der Waals surface area contributed by atoms with Crippen LogP contribution in [0.3, 0.4) is 0 Å². The van der Waals surface area contributed by atoms with Crippen molar-refractivity contribution in [2.75, 3.05) is 25.1 Å². The van der Waals surface area contributed by atoms with Crippen molar-refractivity contribution in [2.24, 2.45) is 5.92 Å². The molecule has 1 saturated heterocycles. The van der Waals surface area contributed by atoms with Crippen molar-refractivity contribution in [2.45, 2.75) is 6.42 Å². The Hall–Kier alpha value is -2.15. The van der Waals surface area contributed by atoms with Crippen LogP contribution in [-0.4, -0.2) is 34.9 Å². The summed E-state index contributed by atoms with van der Waals surface area (Å²) in [6.07, 6.45) is 2.66. The van der Waals surface area contributed by atoms with E-state index in [-0.39, 0.29) is 5.69 Å². The summed E-state index contributed by atoms with van der Waals surface area (Å²) in [5.41, 5.74) is 1.36. The van der Waals surface area contributed by atoms with Gasteiger partial charge < -0.3 is 10.1 Å². The Morgan fingerprint density at radius 3 is 3.21 bits per heavy atom. The smallest absolute Gasteiger partial charge is 0.295 e. The van der Waals surface area contributed by atoms with Crippen LogP contribution in [0.25, 0.3) is 10.9 Å². The Labute approximate surface area is 109 Å². The molecule has 1 aromatic carbocycles. The lowest BCUT2D eigenvalue weighted by Crippen LogP contribution is -2.14. The molecule has 2 heterocycles. The van der Waals surface area contributed by atoms with Crippen LogP contribution in [0.2, 0.25) is 0 Å². The number of nitro benzene ring substituents is 1. The highest BCUT2D eigenvalue weighted by molar-refractivity contribution is 5.96. The van der Waals surface area contributed by atoms with Crippen molar-refractivity contribution >= 4 is 22.3 Å². The van der Waals surface area contributed by atoms with E-state index in [9.17, 15) is 10.1 Å². The van der Waals surface area contributed by atoms with Gasteiger partial charge in [-0.15, -0.1) is 0 Å². The molecule has 1 aliphatic heterocycles. The lowest BCUT2D eigenvalue weighted by Gasteiger charge is -2.11. The second-order valence-electron chi connectivity index (χ2n) is 4.66. The minimum Gasteiger partial charge on any atom is -0.384 e. The van der Waals surface area contributed by atoms with Gasteiger partial charge in [0.1, 0.15) is 5.52 Å². The topological polar surface area (TPSA) is 93.1 Å². The number of fused-ring (bicyclic) bond motifs is 1. The number of aromatic nitrogens is 2. The maximum absolute atomic E-state index is 10.9. The molecule has 1 fully saturated rings. The minimum absolute atomic E-state index is 0.0437. The molecule has 3 rings (SSSR count). The normalized spacial score (nSPS) is 18.8. The fourth-order valence-corrected chi connectivity index (χ4v) is 2.33. The van der Waals surface area contributed by atoms with E-state index in [1.54, 1.807) is 12.3 Å². The lowest BCUT2D eigenvalue weighted by molar-refractivity contribution is -0.383. The maximum atomic E-state index is 10.9. The van der Waals surface area contributed by atoms with Crippen LogP contribution >= 0.6 is 0 Å². The SMILES string of the molecule is O=[N+]([O-])c1ccc(NCC2CCOC2)c2cn[nH]c12. The first-order valence-corrected chi connectivity index (χ1v) is 6.18. The standard InChI is InChI=1S/C12H14N4O3/c17-16(18)11-2-1-10(9-6-14-15-12(9)11)13-5-8-3-4-19-7-8/h1-2,6,8,13H,3-5,7H2,(H,14,15). The molecule has 0 radical (unpaired) electrons. The van der Waals surface area contributed by atoms with Crippen molar-refractivity contribution < 1.29 is 9.66 Å². The fraction of sp³-hybridized carbons (Fsp3) is 0.417. The zero-order valence-electron chi connectivity index (χ0n) is 10.3. The molecule has 7 heteroatoms. The lowest BCUT2D eigenvalue weighted by atomic mass is 10.1. The molecule has 1 aliphatic rings. The molecule has 2 aromatic rings. The molecule has 1 aromatic heterocycles. The summed E-state index contributed by atoms with van der Waals surface area (Å²) in [6, 6.07) is 3.22. The van der Waals surface area contributed by atoms with E-state index >= 15 is 0 Å². The number of hydrogen-bond donors (Lipinski definition) is 2. The van der Waals surface area contributed by atoms with Gasteiger partial charge in [0, 0.05) is 36.2 Å². The second-order valence-corrected chi connectivity index (χ2v) is 4.66. The van der Waals surface area contributed by atoms with Crippen LogP contribution in [0.15, 0.2) is 18.3 Å². The number of nitrogens with zero attached hydrogens (tertiary/aromatic N) is 2. The molecule has 0 saturated carbocycles. The van der Waals surface area contributed by atoms with Crippen molar-refractivity contribution in [1.82, 2.24) is 10.2 Å². The summed E-state index contributed by atoms with van der Waals surface area (Å²) in [6.45, 7) is 2.39. The van der Waals surface area contributed by atoms with Gasteiger partial charge in [-0.2, -0.15) is 5.10 Å². The third-order valence-corrected chi connectivity index (χ3v) is 3.40. The Bertz CT molecular complexity index is 604. The monoisotopic (exact) mass is 262 g/mol. The summed E-state index contributed by atoms with van der Waals surface area (Å²) >= 11 is 0. The van der Waals surface area contributed by atoms with Crippen LogP contribution in [0.5, 0.6) is 0 Å². The van der Waals surface area contributed by atoms with Gasteiger partial charge in [0.25, 0.3) is 5.69 Å². The molecule has 19 heavy (non-hydrogen) atoms. The second kappa shape index (κ2) is 4.85. The number of benzene rings is 1. The minimum atomic E-state index is -0.408. The van der Waals surface area contributed by atoms with Crippen molar-refractivity contribution in [1.29, 1.82) is 0 Å². The summed E-state index contributed by atoms with van der Waals surface area (Å²) in [7, 11) is 0. The van der Waals surface area contributed by atoms with Gasteiger partial charge >= 0.3 is 0 Å². The third-order valence-electron chi connectivity index (χ3n) is 3.40. The molecule has 0 amide bonds. The first kappa shape index (κ1) is 11.9. The molecule has 7 nitrogen and oxygen atoms in total. The van der Waals surface area contributed by atoms with E-state index in [1.165, 1.54) is 6.07 Å². The average molecular weight is 262 g/mol. The molecular weight excluding hydrogens is 248 g/mol. The van der Waals surface area contributed by atoms with Crippen LogP contribution in [0, 0.1) is 16.0 Å². The summed E-state index contributed by atoms with van der Waals surface area (Å²) in [4.78, 5) is 10.5. The van der Waals surface area contributed by atoms with Gasteiger partial charge in [0.15, 0.2) is 0 Å². The number of aromatic amines is 1. The highest BCUT2D eigenvalue weighted by Crippen LogP contribution is 2.29. The van der Waals surface area contributed by atoms with E-state index in [0.29, 0.717) is 11.4 Å². The molecule has 0 aliphatic carbocycles. The van der Waals surface area contributed by atoms with Crippen LogP contribution in [-0.2, 0) is 4.74 Å². The largest absolute Gasteiger partial charge is 0.384 e. The zero-order valence-corrected chi connectivity index (χ0v) is 10.3. The Morgan fingerprint density at radius 1 is 1.58 bits per heavy atom. The number of non-ortho nitro benzene ring substituents is 1. The number of nitro groups is 1. The van der Waals surface area contributed by atoms with Crippen LogP contribution in [0.4, 0.5) is 11.4 Å². The van der Waals surface area contributed by atoms with Gasteiger partial charge in [0.05, 0.1) is 17.7 Å². The van der Waals surface area contributed by atoms with Crippen LogP contribution in [0.1, 0.15) is 6.42 Å². The summed E-state index contributed by atoms with van der Waals surface area (Å²) in [5, 5.41) is 21.5. The van der Waals surface area contributed by atoms with E-state index in [0.717, 1.165) is 37.3 Å². The maximum Gasteiger partial charge on any atom is 0.295 e. The highest BCUT2D eigenvalue weighted by atomic mass is 16.6. The number of anilines is 1. The van der Waals surface area contributed by atoms with Gasteiger partial charge in [-0.1, -0.05) is 0 Å². The first-order chi connectivity index (χ1) is 9.25. The fourth-order valence-electron chi connectivity index (χ4n) is 2.33. The van der Waals surface area contributed by atoms with E-state index in [2.05, 4.69) is 15.5 Å². The number of nitrogens with one attached hydrogen (secondary N) is 2. The Kier molecular flexibility index (Phi) is 3.04. The predicted octanol–water partition coefficient (Wildman–Crippen LogP) is 1.92. The van der Waals surface area contributed by atoms with Crippen LogP contribution < -0.4 is 5.32 Å². The van der Waals surface area contributed by atoms with Gasteiger partial charge in [0.2, 0.25) is 0 Å². The van der Waals surface area contributed by atoms with Crippen molar-refractivity contribution in [3.05, 3.63) is 28.4 Å². The third kappa shape index (κ3) is 2.24. The molecule has 100 valence electrons.